The molecule has 0 unspecified atom stereocenters. The normalized spacial score (nSPS) is 22.8. The second kappa shape index (κ2) is 8.53. The summed E-state index contributed by atoms with van der Waals surface area (Å²) in [5.74, 6) is 1.19. The quantitative estimate of drug-likeness (QED) is 0.623. The van der Waals surface area contributed by atoms with Crippen molar-refractivity contribution in [3.05, 3.63) is 0 Å². The van der Waals surface area contributed by atoms with Crippen molar-refractivity contribution < 1.29 is 0 Å². The Morgan fingerprint density at radius 3 is 2.00 bits per heavy atom. The van der Waals surface area contributed by atoms with E-state index in [1.54, 1.807) is 0 Å². The van der Waals surface area contributed by atoms with E-state index in [0.29, 0.717) is 12.1 Å². The van der Waals surface area contributed by atoms with Gasteiger partial charge in [-0.1, -0.05) is 38.5 Å². The molecule has 2 saturated carbocycles. The third-order valence-electron chi connectivity index (χ3n) is 4.88. The Hall–Kier alpha value is -0.730. The van der Waals surface area contributed by atoms with E-state index in [-0.39, 0.29) is 0 Å². The molecule has 3 nitrogen and oxygen atoms in total. The standard InChI is InChI=1S/C17H33N3/c1-3-20(4-2)17(18-15-11-7-5-8-12-15)19-16-13-9-6-10-14-16/h15-16H,3-14H2,1-2H3,(H,18,19). The first-order valence-corrected chi connectivity index (χ1v) is 8.92. The fourth-order valence-corrected chi connectivity index (χ4v) is 3.55. The maximum absolute atomic E-state index is 5.10. The zero-order chi connectivity index (χ0) is 14.2. The number of hydrogen-bond acceptors (Lipinski definition) is 1. The minimum Gasteiger partial charge on any atom is -0.353 e. The minimum atomic E-state index is 0.565. The molecule has 0 aromatic rings. The molecule has 0 amide bonds. The zero-order valence-corrected chi connectivity index (χ0v) is 13.5. The van der Waals surface area contributed by atoms with Crippen LogP contribution < -0.4 is 5.32 Å². The van der Waals surface area contributed by atoms with E-state index < -0.39 is 0 Å². The van der Waals surface area contributed by atoms with Gasteiger partial charge in [0.1, 0.15) is 0 Å². The third-order valence-corrected chi connectivity index (χ3v) is 4.88. The summed E-state index contributed by atoms with van der Waals surface area (Å²) in [5, 5.41) is 3.78. The third kappa shape index (κ3) is 4.68. The van der Waals surface area contributed by atoms with Gasteiger partial charge in [0.15, 0.2) is 5.96 Å². The van der Waals surface area contributed by atoms with Crippen molar-refractivity contribution >= 4 is 5.96 Å². The Labute approximate surface area is 125 Å². The minimum absolute atomic E-state index is 0.565. The highest BCUT2D eigenvalue weighted by Crippen LogP contribution is 2.21. The van der Waals surface area contributed by atoms with Crippen molar-refractivity contribution in [3.8, 4) is 0 Å². The first-order chi connectivity index (χ1) is 9.83. The van der Waals surface area contributed by atoms with Gasteiger partial charge in [-0.05, 0) is 39.5 Å². The fraction of sp³-hybridized carbons (Fsp3) is 0.941. The Kier molecular flexibility index (Phi) is 6.68. The molecule has 116 valence electrons. The molecule has 0 atom stereocenters. The average molecular weight is 279 g/mol. The molecule has 0 aromatic heterocycles. The van der Waals surface area contributed by atoms with Crippen molar-refractivity contribution in [2.24, 2.45) is 4.99 Å². The highest BCUT2D eigenvalue weighted by molar-refractivity contribution is 5.80. The van der Waals surface area contributed by atoms with Crippen LogP contribution in [0.5, 0.6) is 0 Å². The van der Waals surface area contributed by atoms with Gasteiger partial charge >= 0.3 is 0 Å². The molecule has 3 heteroatoms. The highest BCUT2D eigenvalue weighted by Gasteiger charge is 2.19. The number of nitrogens with zero attached hydrogens (tertiary/aromatic N) is 2. The van der Waals surface area contributed by atoms with Crippen LogP contribution in [-0.2, 0) is 0 Å². The molecule has 2 fully saturated rings. The van der Waals surface area contributed by atoms with Crippen LogP contribution in [0, 0.1) is 0 Å². The van der Waals surface area contributed by atoms with E-state index >= 15 is 0 Å². The summed E-state index contributed by atoms with van der Waals surface area (Å²) in [4.78, 5) is 7.51. The maximum Gasteiger partial charge on any atom is 0.194 e. The van der Waals surface area contributed by atoms with Crippen LogP contribution in [0.1, 0.15) is 78.1 Å². The van der Waals surface area contributed by atoms with E-state index in [2.05, 4.69) is 24.1 Å². The fourth-order valence-electron chi connectivity index (χ4n) is 3.55. The molecule has 0 saturated heterocycles. The second-order valence-electron chi connectivity index (χ2n) is 6.40. The van der Waals surface area contributed by atoms with Gasteiger partial charge in [0, 0.05) is 19.1 Å². The number of guanidine groups is 1. The van der Waals surface area contributed by atoms with Crippen LogP contribution in [0.3, 0.4) is 0 Å². The molecule has 0 spiro atoms. The van der Waals surface area contributed by atoms with Crippen LogP contribution in [0.2, 0.25) is 0 Å². The molecular formula is C17H33N3. The van der Waals surface area contributed by atoms with Crippen molar-refractivity contribution in [2.45, 2.75) is 90.1 Å². The first kappa shape index (κ1) is 15.7. The van der Waals surface area contributed by atoms with Gasteiger partial charge in [0.25, 0.3) is 0 Å². The van der Waals surface area contributed by atoms with Gasteiger partial charge in [-0.25, -0.2) is 4.99 Å². The van der Waals surface area contributed by atoms with Crippen LogP contribution in [0.25, 0.3) is 0 Å². The van der Waals surface area contributed by atoms with Gasteiger partial charge in [-0.2, -0.15) is 0 Å². The second-order valence-corrected chi connectivity index (χ2v) is 6.40. The molecule has 0 aliphatic heterocycles. The Bertz CT molecular complexity index is 285. The molecule has 2 aliphatic rings. The van der Waals surface area contributed by atoms with Gasteiger partial charge in [-0.3, -0.25) is 0 Å². The summed E-state index contributed by atoms with van der Waals surface area (Å²) in [6, 6.07) is 1.22. The summed E-state index contributed by atoms with van der Waals surface area (Å²) in [6.45, 7) is 6.59. The van der Waals surface area contributed by atoms with Gasteiger partial charge in [0.05, 0.1) is 6.04 Å². The SMILES string of the molecule is CCN(CC)C(=NC1CCCCC1)NC1CCCCC1. The van der Waals surface area contributed by atoms with E-state index in [9.17, 15) is 0 Å². The van der Waals surface area contributed by atoms with Crippen molar-refractivity contribution in [2.75, 3.05) is 13.1 Å². The average Bonchev–Trinajstić information content (AvgIpc) is 2.50. The maximum atomic E-state index is 5.10. The van der Waals surface area contributed by atoms with E-state index in [1.807, 2.05) is 0 Å². The predicted octanol–water partition coefficient (Wildman–Crippen LogP) is 3.94. The van der Waals surface area contributed by atoms with Gasteiger partial charge in [0.2, 0.25) is 0 Å². The first-order valence-electron chi connectivity index (χ1n) is 8.92. The lowest BCUT2D eigenvalue weighted by Crippen LogP contribution is -2.47. The van der Waals surface area contributed by atoms with Crippen molar-refractivity contribution in [1.82, 2.24) is 10.2 Å². The van der Waals surface area contributed by atoms with Crippen molar-refractivity contribution in [1.29, 1.82) is 0 Å². The van der Waals surface area contributed by atoms with E-state index in [1.165, 1.54) is 70.2 Å². The lowest BCUT2D eigenvalue weighted by Gasteiger charge is -2.31. The smallest absolute Gasteiger partial charge is 0.194 e. The molecule has 1 N–H and O–H groups in total. The zero-order valence-electron chi connectivity index (χ0n) is 13.5. The molecule has 2 rings (SSSR count). The Morgan fingerprint density at radius 2 is 1.45 bits per heavy atom. The van der Waals surface area contributed by atoms with Crippen LogP contribution in [-0.4, -0.2) is 36.0 Å². The number of aliphatic imine (C=N–C) groups is 1. The molecular weight excluding hydrogens is 246 g/mol. The lowest BCUT2D eigenvalue weighted by molar-refractivity contribution is 0.370. The van der Waals surface area contributed by atoms with Crippen LogP contribution in [0.15, 0.2) is 4.99 Å². The number of rotatable bonds is 4. The molecule has 20 heavy (non-hydrogen) atoms. The number of hydrogen-bond donors (Lipinski definition) is 1. The highest BCUT2D eigenvalue weighted by atomic mass is 15.3. The molecule has 0 aromatic carbocycles. The summed E-state index contributed by atoms with van der Waals surface area (Å²) in [5.41, 5.74) is 0. The summed E-state index contributed by atoms with van der Waals surface area (Å²) >= 11 is 0. The number of nitrogens with one attached hydrogen (secondary N) is 1. The summed E-state index contributed by atoms with van der Waals surface area (Å²) in [7, 11) is 0. The summed E-state index contributed by atoms with van der Waals surface area (Å²) in [6.07, 6.45) is 13.5. The Morgan fingerprint density at radius 1 is 0.900 bits per heavy atom. The molecule has 0 bridgehead atoms. The predicted molar refractivity (Wildman–Crippen MR) is 87.2 cm³/mol. The Balaban J connectivity index is 2.00. The monoisotopic (exact) mass is 279 g/mol. The largest absolute Gasteiger partial charge is 0.353 e. The molecule has 0 heterocycles. The van der Waals surface area contributed by atoms with Crippen molar-refractivity contribution in [3.63, 3.8) is 0 Å². The lowest BCUT2D eigenvalue weighted by atomic mass is 9.95. The van der Waals surface area contributed by atoms with Crippen LogP contribution in [0.4, 0.5) is 0 Å². The van der Waals surface area contributed by atoms with E-state index in [4.69, 9.17) is 4.99 Å². The van der Waals surface area contributed by atoms with Gasteiger partial charge < -0.3 is 10.2 Å². The van der Waals surface area contributed by atoms with Gasteiger partial charge in [-0.15, -0.1) is 0 Å². The molecule has 0 radical (unpaired) electrons. The van der Waals surface area contributed by atoms with E-state index in [0.717, 1.165) is 13.1 Å². The summed E-state index contributed by atoms with van der Waals surface area (Å²) < 4.78 is 0. The topological polar surface area (TPSA) is 27.6 Å². The molecule has 2 aliphatic carbocycles. The van der Waals surface area contributed by atoms with Crippen LogP contribution >= 0.6 is 0 Å².